The van der Waals surface area contributed by atoms with Gasteiger partial charge >= 0.3 is 0 Å². The van der Waals surface area contributed by atoms with E-state index in [1.165, 1.54) is 26.5 Å². The predicted molar refractivity (Wildman–Crippen MR) is 143 cm³/mol. The molecule has 1 aromatic carbocycles. The molecular formula is C25H55NO3S. The summed E-state index contributed by atoms with van der Waals surface area (Å²) in [7, 11) is 1.50. The summed E-state index contributed by atoms with van der Waals surface area (Å²) < 4.78 is 0. The highest BCUT2D eigenvalue weighted by molar-refractivity contribution is 7.79. The second-order valence-corrected chi connectivity index (χ2v) is 7.81. The van der Waals surface area contributed by atoms with Crippen LogP contribution in [0.2, 0.25) is 0 Å². The molecule has 30 heavy (non-hydrogen) atoms. The number of aryl methyl sites for hydroxylation is 1. The van der Waals surface area contributed by atoms with Gasteiger partial charge in [0.05, 0.1) is 0 Å². The number of carbonyl (C=O) groups is 2. The van der Waals surface area contributed by atoms with Crippen LogP contribution in [0.25, 0.3) is 0 Å². The van der Waals surface area contributed by atoms with Crippen molar-refractivity contribution in [3.05, 3.63) is 35.9 Å². The van der Waals surface area contributed by atoms with Crippen LogP contribution < -0.4 is 5.73 Å². The second kappa shape index (κ2) is 41.9. The fourth-order valence-electron chi connectivity index (χ4n) is 0.534. The molecule has 184 valence electrons. The molecule has 0 aliphatic rings. The molecule has 0 aliphatic carbocycles. The molecule has 1 aromatic rings. The number of thiol groups is 1. The van der Waals surface area contributed by atoms with Crippen LogP contribution in [0.3, 0.4) is 0 Å². The fraction of sp³-hybridized carbons (Fsp3) is 0.680. The third kappa shape index (κ3) is 395. The lowest BCUT2D eigenvalue weighted by Gasteiger charge is -2.05. The highest BCUT2D eigenvalue weighted by Crippen LogP contribution is 2.08. The second-order valence-electron chi connectivity index (χ2n) is 7.81. The number of aliphatic carboxylic acids is 1. The Morgan fingerprint density at radius 3 is 1.07 bits per heavy atom. The first-order chi connectivity index (χ1) is 13.6. The summed E-state index contributed by atoms with van der Waals surface area (Å²) in [5, 5.41) is 7.42. The SMILES string of the molecule is CC.CC(=O)O.CC(C)(C)C.CC(C)=O.CC(C)C.CN.CS.Cc1ccccc1. The van der Waals surface area contributed by atoms with Crippen LogP contribution in [0.15, 0.2) is 30.3 Å². The molecule has 3 N–H and O–H groups in total. The summed E-state index contributed by atoms with van der Waals surface area (Å²) in [6.45, 7) is 25.5. The molecule has 5 heteroatoms. The minimum absolute atomic E-state index is 0.167. The monoisotopic (exact) mass is 449 g/mol. The largest absolute Gasteiger partial charge is 0.481 e. The zero-order valence-corrected chi connectivity index (χ0v) is 23.6. The third-order valence-corrected chi connectivity index (χ3v) is 0.940. The molecule has 0 fully saturated rings. The molecule has 0 amide bonds. The number of rotatable bonds is 0. The molecule has 0 heterocycles. The Hall–Kier alpha value is -1.33. The zero-order chi connectivity index (χ0) is 26.3. The minimum atomic E-state index is -0.833. The van der Waals surface area contributed by atoms with Gasteiger partial charge in [0, 0.05) is 6.92 Å². The van der Waals surface area contributed by atoms with E-state index in [0.717, 1.165) is 12.8 Å². The molecule has 0 radical (unpaired) electrons. The number of nitrogens with two attached hydrogens (primary N) is 1. The summed E-state index contributed by atoms with van der Waals surface area (Å²) >= 11 is 3.53. The lowest BCUT2D eigenvalue weighted by molar-refractivity contribution is -0.134. The van der Waals surface area contributed by atoms with Crippen molar-refractivity contribution in [2.24, 2.45) is 17.1 Å². The summed E-state index contributed by atoms with van der Waals surface area (Å²) in [6, 6.07) is 10.3. The first-order valence-corrected chi connectivity index (χ1v) is 11.2. The Morgan fingerprint density at radius 1 is 0.867 bits per heavy atom. The number of hydrogen-bond acceptors (Lipinski definition) is 4. The molecule has 0 saturated heterocycles. The average molecular weight is 450 g/mol. The van der Waals surface area contributed by atoms with Crippen LogP contribution in [0.5, 0.6) is 0 Å². The number of Topliss-reactive ketones (excluding diaryl/α,β-unsaturated/α-hetero) is 1. The van der Waals surface area contributed by atoms with Crippen molar-refractivity contribution in [2.45, 2.75) is 90.0 Å². The first-order valence-electron chi connectivity index (χ1n) is 10.3. The van der Waals surface area contributed by atoms with E-state index in [2.05, 4.69) is 85.9 Å². The normalized spacial score (nSPS) is 7.53. The van der Waals surface area contributed by atoms with E-state index in [4.69, 9.17) is 9.90 Å². The zero-order valence-electron chi connectivity index (χ0n) is 22.8. The molecule has 0 spiro atoms. The molecule has 0 saturated carbocycles. The third-order valence-electron chi connectivity index (χ3n) is 0.940. The number of carbonyl (C=O) groups excluding carboxylic acids is 1. The molecule has 0 bridgehead atoms. The van der Waals surface area contributed by atoms with Crippen LogP contribution in [0.1, 0.15) is 88.6 Å². The van der Waals surface area contributed by atoms with E-state index in [1.807, 2.05) is 32.0 Å². The maximum Gasteiger partial charge on any atom is 0.300 e. The number of hydrogen-bond donors (Lipinski definition) is 3. The van der Waals surface area contributed by atoms with Crippen molar-refractivity contribution in [2.75, 3.05) is 13.3 Å². The predicted octanol–water partition coefficient (Wildman–Crippen LogP) is 7.54. The van der Waals surface area contributed by atoms with Crippen molar-refractivity contribution >= 4 is 24.4 Å². The number of ketones is 1. The average Bonchev–Trinajstić information content (AvgIpc) is 2.58. The van der Waals surface area contributed by atoms with Gasteiger partial charge in [-0.05, 0) is 45.4 Å². The van der Waals surface area contributed by atoms with E-state index < -0.39 is 5.97 Å². The summed E-state index contributed by atoms with van der Waals surface area (Å²) in [5.74, 6) is 0.167. The Bertz CT molecular complexity index is 372. The van der Waals surface area contributed by atoms with E-state index in [1.54, 1.807) is 6.26 Å². The van der Waals surface area contributed by atoms with Gasteiger partial charge in [-0.2, -0.15) is 12.6 Å². The number of benzene rings is 1. The molecule has 1 rings (SSSR count). The van der Waals surface area contributed by atoms with Gasteiger partial charge in [0.2, 0.25) is 0 Å². The Labute approximate surface area is 195 Å². The Morgan fingerprint density at radius 2 is 1.00 bits per heavy atom. The Kier molecular flexibility index (Phi) is 65.3. The van der Waals surface area contributed by atoms with Crippen molar-refractivity contribution < 1.29 is 14.7 Å². The minimum Gasteiger partial charge on any atom is -0.481 e. The summed E-state index contributed by atoms with van der Waals surface area (Å²) in [4.78, 5) is 18.4. The topological polar surface area (TPSA) is 80.4 Å². The van der Waals surface area contributed by atoms with Crippen molar-refractivity contribution in [3.8, 4) is 0 Å². The van der Waals surface area contributed by atoms with Gasteiger partial charge in [0.25, 0.3) is 5.97 Å². The van der Waals surface area contributed by atoms with Gasteiger partial charge in [-0.25, -0.2) is 0 Å². The number of carboxylic acids is 1. The van der Waals surface area contributed by atoms with E-state index in [0.29, 0.717) is 5.41 Å². The smallest absolute Gasteiger partial charge is 0.300 e. The maximum atomic E-state index is 9.44. The quantitative estimate of drug-likeness (QED) is 0.357. The molecule has 0 aromatic heterocycles. The van der Waals surface area contributed by atoms with Crippen molar-refractivity contribution in [1.82, 2.24) is 0 Å². The van der Waals surface area contributed by atoms with E-state index in [-0.39, 0.29) is 5.78 Å². The Balaban J connectivity index is -0.0000000422. The van der Waals surface area contributed by atoms with Gasteiger partial charge in [-0.3, -0.25) is 4.79 Å². The fourth-order valence-corrected chi connectivity index (χ4v) is 0.534. The van der Waals surface area contributed by atoms with E-state index in [9.17, 15) is 4.79 Å². The molecule has 4 nitrogen and oxygen atoms in total. The highest BCUT2D eigenvalue weighted by Gasteiger charge is 1.95. The van der Waals surface area contributed by atoms with Crippen LogP contribution in [-0.4, -0.2) is 30.2 Å². The molecular weight excluding hydrogens is 394 g/mol. The van der Waals surface area contributed by atoms with Gasteiger partial charge in [0.15, 0.2) is 0 Å². The first kappa shape index (κ1) is 46.7. The van der Waals surface area contributed by atoms with Crippen LogP contribution in [0.4, 0.5) is 0 Å². The maximum absolute atomic E-state index is 9.44. The standard InChI is InChI=1S/C7H8.C5H12.C4H10.C3H6O.C2H4O2.C2H6.CH5N.CH4S/c1-7-5-3-2-4-6-7;1-5(2,3)4;1-4(2)3;1-3(2)4;1-2(3)4;3*1-2/h2-6H,1H3;1-4H3;4H,1-3H3;1-2H3;1H3,(H,3,4);1-2H3;2H2,1H3;2H,1H3. The number of carboxylic acid groups (broad SMARTS) is 1. The molecule has 0 aliphatic heterocycles. The molecule has 0 unspecified atom stereocenters. The lowest BCUT2D eigenvalue weighted by atomic mass is 10.0. The van der Waals surface area contributed by atoms with Gasteiger partial charge < -0.3 is 15.6 Å². The van der Waals surface area contributed by atoms with Gasteiger partial charge in [0.1, 0.15) is 5.78 Å². The summed E-state index contributed by atoms with van der Waals surface area (Å²) in [6.07, 6.45) is 1.69. The van der Waals surface area contributed by atoms with Gasteiger partial charge in [-0.15, -0.1) is 0 Å². The van der Waals surface area contributed by atoms with Crippen molar-refractivity contribution in [3.63, 3.8) is 0 Å². The molecule has 0 atom stereocenters. The van der Waals surface area contributed by atoms with Gasteiger partial charge in [-0.1, -0.05) is 98.2 Å². The lowest BCUT2D eigenvalue weighted by Crippen LogP contribution is -1.93. The van der Waals surface area contributed by atoms with Crippen molar-refractivity contribution in [1.29, 1.82) is 0 Å². The van der Waals surface area contributed by atoms with E-state index >= 15 is 0 Å². The van der Waals surface area contributed by atoms with Crippen LogP contribution in [0, 0.1) is 18.3 Å². The highest BCUT2D eigenvalue weighted by atomic mass is 32.1. The summed E-state index contributed by atoms with van der Waals surface area (Å²) in [5.41, 5.74) is 6.32. The van der Waals surface area contributed by atoms with Crippen LogP contribution >= 0.6 is 12.6 Å². The van der Waals surface area contributed by atoms with Crippen LogP contribution in [-0.2, 0) is 9.59 Å².